The summed E-state index contributed by atoms with van der Waals surface area (Å²) >= 11 is 0. The van der Waals surface area contributed by atoms with Gasteiger partial charge in [-0.25, -0.2) is 0 Å². The van der Waals surface area contributed by atoms with Gasteiger partial charge in [0.25, 0.3) is 0 Å². The van der Waals surface area contributed by atoms with Crippen LogP contribution in [0.5, 0.6) is 0 Å². The number of hydrogen-bond acceptors (Lipinski definition) is 3. The number of hydroxylamine groups is 3. The van der Waals surface area contributed by atoms with Crippen LogP contribution in [0.25, 0.3) is 11.0 Å². The first-order chi connectivity index (χ1) is 9.98. The number of quaternary nitrogens is 1. The summed E-state index contributed by atoms with van der Waals surface area (Å²) in [5.41, 5.74) is 1.67. The molecule has 0 amide bonds. The fourth-order valence-electron chi connectivity index (χ4n) is 1.68. The SMILES string of the molecule is C[N+](C)=C[N+](C)(C)On1nnc2ccccc21.F[B-](F)(F)F. The molecule has 0 unspecified atom stereocenters. The minimum Gasteiger partial charge on any atom is -0.418 e. The fraction of sp³-hybridized carbons (Fsp3) is 0.364. The van der Waals surface area contributed by atoms with E-state index in [1.165, 1.54) is 4.85 Å². The maximum atomic E-state index is 9.75. The highest BCUT2D eigenvalue weighted by molar-refractivity contribution is 6.50. The first kappa shape index (κ1) is 17.9. The molecule has 0 spiro atoms. The molecule has 22 heavy (non-hydrogen) atoms. The van der Waals surface area contributed by atoms with Crippen LogP contribution in [0.2, 0.25) is 0 Å². The van der Waals surface area contributed by atoms with Crippen LogP contribution in [0, 0.1) is 0 Å². The zero-order valence-electron chi connectivity index (χ0n) is 12.6. The van der Waals surface area contributed by atoms with Crippen LogP contribution in [-0.4, -0.2) is 66.2 Å². The van der Waals surface area contributed by atoms with Crippen LogP contribution < -0.4 is 4.94 Å². The average Bonchev–Trinajstić information content (AvgIpc) is 2.68. The Labute approximate surface area is 124 Å². The molecule has 0 fully saturated rings. The number of fused-ring (bicyclic) bond motifs is 1. The Kier molecular flexibility index (Phi) is 5.47. The summed E-state index contributed by atoms with van der Waals surface area (Å²) in [6, 6.07) is 7.68. The molecule has 122 valence electrons. The Morgan fingerprint density at radius 3 is 2.27 bits per heavy atom. The molecular weight excluding hydrogens is 305 g/mol. The molecule has 0 atom stereocenters. The molecule has 0 aliphatic carbocycles. The lowest BCUT2D eigenvalue weighted by atomic mass is 10.3. The van der Waals surface area contributed by atoms with E-state index in [9.17, 15) is 17.3 Å². The molecule has 0 aliphatic rings. The van der Waals surface area contributed by atoms with Crippen LogP contribution in [0.1, 0.15) is 0 Å². The highest BCUT2D eigenvalue weighted by Crippen LogP contribution is 2.09. The molecule has 0 radical (unpaired) electrons. The minimum absolute atomic E-state index is 0.223. The number of para-hydroxylation sites is 1. The molecule has 0 saturated heterocycles. The Hall–Kier alpha value is -2.17. The Bertz CT molecular complexity index is 645. The quantitative estimate of drug-likeness (QED) is 0.163. The third-order valence-electron chi connectivity index (χ3n) is 2.12. The van der Waals surface area contributed by atoms with Gasteiger partial charge in [-0.2, -0.15) is 9.51 Å². The summed E-state index contributed by atoms with van der Waals surface area (Å²) < 4.78 is 41.2. The van der Waals surface area contributed by atoms with Gasteiger partial charge in [-0.3, -0.25) is 0 Å². The number of hydrogen-bond donors (Lipinski definition) is 0. The van der Waals surface area contributed by atoms with Crippen molar-refractivity contribution in [3.63, 3.8) is 0 Å². The van der Waals surface area contributed by atoms with E-state index < -0.39 is 7.25 Å². The third kappa shape index (κ3) is 6.52. The van der Waals surface area contributed by atoms with Gasteiger partial charge in [0, 0.05) is 0 Å². The maximum absolute atomic E-state index is 9.75. The molecule has 2 aromatic rings. The molecule has 0 aliphatic heterocycles. The van der Waals surface area contributed by atoms with Crippen LogP contribution in [0.15, 0.2) is 24.3 Å². The van der Waals surface area contributed by atoms with Crippen molar-refractivity contribution in [3.8, 4) is 0 Å². The van der Waals surface area contributed by atoms with E-state index in [0.717, 1.165) is 11.0 Å². The van der Waals surface area contributed by atoms with E-state index in [-0.39, 0.29) is 4.65 Å². The summed E-state index contributed by atoms with van der Waals surface area (Å²) in [6.45, 7) is 0. The number of benzene rings is 1. The van der Waals surface area contributed by atoms with E-state index in [4.69, 9.17) is 4.94 Å². The van der Waals surface area contributed by atoms with Crippen molar-refractivity contribution in [1.82, 2.24) is 15.2 Å². The molecule has 6 nitrogen and oxygen atoms in total. The molecular formula is C11H17BF4N5O+. The normalized spacial score (nSPS) is 11.6. The van der Waals surface area contributed by atoms with Crippen LogP contribution >= 0.6 is 0 Å². The Balaban J connectivity index is 0.000000422. The molecule has 11 heteroatoms. The van der Waals surface area contributed by atoms with Crippen LogP contribution in [0.3, 0.4) is 0 Å². The molecule has 0 bridgehead atoms. The van der Waals surface area contributed by atoms with E-state index in [1.807, 2.05) is 63.4 Å². The van der Waals surface area contributed by atoms with Crippen molar-refractivity contribution in [2.24, 2.45) is 0 Å². The second-order valence-corrected chi connectivity index (χ2v) is 5.04. The summed E-state index contributed by atoms with van der Waals surface area (Å²) in [4.78, 5) is 7.19. The number of aromatic nitrogens is 3. The monoisotopic (exact) mass is 322 g/mol. The van der Waals surface area contributed by atoms with Crippen molar-refractivity contribution in [1.29, 1.82) is 0 Å². The first-order valence-corrected chi connectivity index (χ1v) is 6.22. The van der Waals surface area contributed by atoms with E-state index >= 15 is 0 Å². The van der Waals surface area contributed by atoms with Gasteiger partial charge in [-0.05, 0) is 26.8 Å². The van der Waals surface area contributed by atoms with Crippen molar-refractivity contribution < 1.29 is 31.4 Å². The molecule has 0 N–H and O–H groups in total. The van der Waals surface area contributed by atoms with Crippen molar-refractivity contribution in [3.05, 3.63) is 24.3 Å². The largest absolute Gasteiger partial charge is 0.673 e. The smallest absolute Gasteiger partial charge is 0.418 e. The average molecular weight is 322 g/mol. The second-order valence-electron chi connectivity index (χ2n) is 5.04. The highest BCUT2D eigenvalue weighted by atomic mass is 19.5. The number of rotatable bonds is 3. The molecule has 1 aromatic carbocycles. The van der Waals surface area contributed by atoms with Gasteiger partial charge < -0.3 is 17.3 Å². The standard InChI is InChI=1S/C11H17N5O.BF4/c1-14(2)9-16(3,4)17-15-11-8-6-5-7-10(11)12-13-15;2-1(3,4)5/h5-9H,1-4H3;/q+2;-1. The van der Waals surface area contributed by atoms with Gasteiger partial charge in [0.1, 0.15) is 39.2 Å². The fourth-order valence-corrected chi connectivity index (χ4v) is 1.68. The van der Waals surface area contributed by atoms with Crippen molar-refractivity contribution >= 4 is 24.6 Å². The lowest BCUT2D eigenvalue weighted by molar-refractivity contribution is -1.00. The van der Waals surface area contributed by atoms with Crippen LogP contribution in [-0.2, 0) is 0 Å². The van der Waals surface area contributed by atoms with Crippen LogP contribution in [0.4, 0.5) is 17.3 Å². The summed E-state index contributed by atoms with van der Waals surface area (Å²) in [7, 11) is 1.72. The zero-order chi connectivity index (χ0) is 17.0. The molecule has 1 heterocycles. The predicted octanol–water partition coefficient (Wildman–Crippen LogP) is 1.45. The van der Waals surface area contributed by atoms with Gasteiger partial charge >= 0.3 is 13.6 Å². The first-order valence-electron chi connectivity index (χ1n) is 6.22. The van der Waals surface area contributed by atoms with E-state index in [0.29, 0.717) is 0 Å². The van der Waals surface area contributed by atoms with E-state index in [2.05, 4.69) is 10.3 Å². The molecule has 0 saturated carbocycles. The third-order valence-corrected chi connectivity index (χ3v) is 2.12. The predicted molar refractivity (Wildman–Crippen MR) is 74.6 cm³/mol. The summed E-state index contributed by atoms with van der Waals surface area (Å²) in [6.07, 6.45) is 1.91. The van der Waals surface area contributed by atoms with Crippen molar-refractivity contribution in [2.45, 2.75) is 0 Å². The van der Waals surface area contributed by atoms with Gasteiger partial charge in [0.15, 0.2) is 0 Å². The Morgan fingerprint density at radius 1 is 1.18 bits per heavy atom. The van der Waals surface area contributed by atoms with E-state index in [1.54, 1.807) is 0 Å². The number of halogens is 4. The number of nitrogens with zero attached hydrogens (tertiary/aromatic N) is 5. The topological polar surface area (TPSA) is 43.0 Å². The van der Waals surface area contributed by atoms with Gasteiger partial charge in [-0.1, -0.05) is 12.1 Å². The lowest BCUT2D eigenvalue weighted by Gasteiger charge is -2.17. The summed E-state index contributed by atoms with van der Waals surface area (Å²) in [5.74, 6) is 0. The molecule has 2 rings (SSSR count). The van der Waals surface area contributed by atoms with Gasteiger partial charge in [-0.15, -0.1) is 5.10 Å². The van der Waals surface area contributed by atoms with Gasteiger partial charge in [0.05, 0.1) is 0 Å². The minimum atomic E-state index is -6.00. The second kappa shape index (κ2) is 6.73. The zero-order valence-corrected chi connectivity index (χ0v) is 12.6. The highest BCUT2D eigenvalue weighted by Gasteiger charge is 2.22. The van der Waals surface area contributed by atoms with Crippen molar-refractivity contribution in [2.75, 3.05) is 28.2 Å². The summed E-state index contributed by atoms with van der Waals surface area (Å²) in [5, 5.41) is 8.01. The lowest BCUT2D eigenvalue weighted by Crippen LogP contribution is -2.48. The van der Waals surface area contributed by atoms with Gasteiger partial charge in [0.2, 0.25) is 0 Å². The molecule has 1 aromatic heterocycles. The Morgan fingerprint density at radius 2 is 1.73 bits per heavy atom. The maximum Gasteiger partial charge on any atom is 0.673 e.